The highest BCUT2D eigenvalue weighted by molar-refractivity contribution is 5.60. The number of nitrogens with one attached hydrogen (secondary N) is 1. The van der Waals surface area contributed by atoms with Crippen LogP contribution in [0.1, 0.15) is 18.4 Å². The lowest BCUT2D eigenvalue weighted by Gasteiger charge is -2.37. The van der Waals surface area contributed by atoms with Crippen molar-refractivity contribution in [3.05, 3.63) is 36.4 Å². The van der Waals surface area contributed by atoms with Crippen molar-refractivity contribution in [1.29, 1.82) is 0 Å². The van der Waals surface area contributed by atoms with Crippen LogP contribution in [0.15, 0.2) is 30.9 Å². The second kappa shape index (κ2) is 8.20. The second-order valence-electron chi connectivity index (χ2n) is 6.07. The maximum atomic E-state index is 5.63. The third-order valence-corrected chi connectivity index (χ3v) is 4.48. The van der Waals surface area contributed by atoms with Gasteiger partial charge in [0.15, 0.2) is 0 Å². The van der Waals surface area contributed by atoms with E-state index in [0.717, 1.165) is 18.8 Å². The van der Waals surface area contributed by atoms with Crippen LogP contribution in [0, 0.1) is 0 Å². The second-order valence-corrected chi connectivity index (χ2v) is 6.07. The minimum Gasteiger partial charge on any atom is -0.495 e. The number of ether oxygens (including phenoxy) is 1. The van der Waals surface area contributed by atoms with Gasteiger partial charge in [-0.2, -0.15) is 0 Å². The van der Waals surface area contributed by atoms with E-state index in [4.69, 9.17) is 4.74 Å². The largest absolute Gasteiger partial charge is 0.495 e. The van der Waals surface area contributed by atoms with E-state index in [9.17, 15) is 0 Å². The van der Waals surface area contributed by atoms with Crippen LogP contribution in [0.5, 0.6) is 5.75 Å². The van der Waals surface area contributed by atoms with Gasteiger partial charge in [-0.15, -0.1) is 6.58 Å². The van der Waals surface area contributed by atoms with Gasteiger partial charge in [0.05, 0.1) is 12.8 Å². The number of benzene rings is 1. The molecule has 2 rings (SSSR count). The maximum Gasteiger partial charge on any atom is 0.142 e. The van der Waals surface area contributed by atoms with Gasteiger partial charge in [0.1, 0.15) is 5.75 Å². The lowest BCUT2D eigenvalue weighted by Crippen LogP contribution is -2.42. The molecule has 0 unspecified atom stereocenters. The van der Waals surface area contributed by atoms with E-state index in [0.29, 0.717) is 6.04 Å². The Morgan fingerprint density at radius 2 is 2.14 bits per heavy atom. The smallest absolute Gasteiger partial charge is 0.142 e. The summed E-state index contributed by atoms with van der Waals surface area (Å²) in [5.41, 5.74) is 2.42. The first-order chi connectivity index (χ1) is 10.7. The van der Waals surface area contributed by atoms with Gasteiger partial charge in [0, 0.05) is 26.2 Å². The molecule has 1 aromatic rings. The van der Waals surface area contributed by atoms with E-state index in [1.165, 1.54) is 37.2 Å². The lowest BCUT2D eigenvalue weighted by atomic mass is 10.0. The molecule has 1 aliphatic heterocycles. The number of hydrogen-bond acceptors (Lipinski definition) is 4. The Balaban J connectivity index is 2.07. The number of likely N-dealkylation sites (tertiary alicyclic amines) is 1. The number of methoxy groups -OCH3 is 1. The zero-order valence-corrected chi connectivity index (χ0v) is 14.1. The van der Waals surface area contributed by atoms with Crippen molar-refractivity contribution in [3.8, 4) is 5.75 Å². The summed E-state index contributed by atoms with van der Waals surface area (Å²) >= 11 is 0. The summed E-state index contributed by atoms with van der Waals surface area (Å²) in [4.78, 5) is 4.78. The molecule has 1 fully saturated rings. The molecule has 0 aromatic heterocycles. The number of anilines is 1. The van der Waals surface area contributed by atoms with E-state index < -0.39 is 0 Å². The van der Waals surface area contributed by atoms with Gasteiger partial charge in [0.25, 0.3) is 0 Å². The van der Waals surface area contributed by atoms with Crippen LogP contribution in [0.4, 0.5) is 5.69 Å². The SMILES string of the molecule is C=CCNCc1ccc(N(C)C2CCN(C)CC2)c(OC)c1. The zero-order valence-electron chi connectivity index (χ0n) is 14.1. The fraction of sp³-hybridized carbons (Fsp3) is 0.556. The van der Waals surface area contributed by atoms with Crippen molar-refractivity contribution < 1.29 is 4.74 Å². The number of hydrogen-bond donors (Lipinski definition) is 1. The Morgan fingerprint density at radius 1 is 1.41 bits per heavy atom. The Hall–Kier alpha value is -1.52. The van der Waals surface area contributed by atoms with E-state index in [-0.39, 0.29) is 0 Å². The molecule has 1 heterocycles. The van der Waals surface area contributed by atoms with Crippen molar-refractivity contribution in [1.82, 2.24) is 10.2 Å². The summed E-state index contributed by atoms with van der Waals surface area (Å²) in [7, 11) is 6.13. The standard InChI is InChI=1S/C18H29N3O/c1-5-10-19-14-15-6-7-17(18(13-15)22-4)21(3)16-8-11-20(2)12-9-16/h5-7,13,16,19H,1,8-12,14H2,2-4H3. The Morgan fingerprint density at radius 3 is 2.77 bits per heavy atom. The topological polar surface area (TPSA) is 27.7 Å². The molecular formula is C18H29N3O. The van der Waals surface area contributed by atoms with Crippen molar-refractivity contribution in [2.45, 2.75) is 25.4 Å². The molecule has 0 amide bonds. The molecule has 1 N–H and O–H groups in total. The average Bonchev–Trinajstić information content (AvgIpc) is 2.55. The normalized spacial score (nSPS) is 16.5. The predicted molar refractivity (Wildman–Crippen MR) is 93.8 cm³/mol. The van der Waals surface area contributed by atoms with E-state index in [1.54, 1.807) is 7.11 Å². The van der Waals surface area contributed by atoms with Gasteiger partial charge < -0.3 is 19.9 Å². The number of rotatable bonds is 7. The van der Waals surface area contributed by atoms with Crippen molar-refractivity contribution >= 4 is 5.69 Å². The van der Waals surface area contributed by atoms with E-state index in [2.05, 4.69) is 54.0 Å². The molecule has 0 aliphatic carbocycles. The van der Waals surface area contributed by atoms with Crippen molar-refractivity contribution in [2.75, 3.05) is 45.7 Å². The Kier molecular flexibility index (Phi) is 6.28. The average molecular weight is 303 g/mol. The third kappa shape index (κ3) is 4.24. The molecule has 0 spiro atoms. The molecule has 4 heteroatoms. The molecule has 0 radical (unpaired) electrons. The highest BCUT2D eigenvalue weighted by Crippen LogP contribution is 2.31. The first kappa shape index (κ1) is 16.8. The highest BCUT2D eigenvalue weighted by Gasteiger charge is 2.22. The van der Waals surface area contributed by atoms with Gasteiger partial charge in [0.2, 0.25) is 0 Å². The summed E-state index contributed by atoms with van der Waals surface area (Å²) in [6, 6.07) is 7.09. The Labute approximate surface area is 134 Å². The number of piperidine rings is 1. The fourth-order valence-electron chi connectivity index (χ4n) is 3.02. The fourth-order valence-corrected chi connectivity index (χ4v) is 3.02. The van der Waals surface area contributed by atoms with Crippen LogP contribution < -0.4 is 15.0 Å². The zero-order chi connectivity index (χ0) is 15.9. The quantitative estimate of drug-likeness (QED) is 0.619. The van der Waals surface area contributed by atoms with Crippen molar-refractivity contribution in [2.24, 2.45) is 0 Å². The molecule has 4 nitrogen and oxygen atoms in total. The van der Waals surface area contributed by atoms with E-state index in [1.807, 2.05) is 6.08 Å². The molecular weight excluding hydrogens is 274 g/mol. The van der Waals surface area contributed by atoms with Crippen LogP contribution in [0.2, 0.25) is 0 Å². The lowest BCUT2D eigenvalue weighted by molar-refractivity contribution is 0.252. The van der Waals surface area contributed by atoms with Crippen LogP contribution in [-0.2, 0) is 6.54 Å². The predicted octanol–water partition coefficient (Wildman–Crippen LogP) is 2.50. The summed E-state index contributed by atoms with van der Waals surface area (Å²) in [6.07, 6.45) is 4.29. The van der Waals surface area contributed by atoms with Crippen LogP contribution >= 0.6 is 0 Å². The van der Waals surface area contributed by atoms with Crippen molar-refractivity contribution in [3.63, 3.8) is 0 Å². The third-order valence-electron chi connectivity index (χ3n) is 4.48. The molecule has 122 valence electrons. The van der Waals surface area contributed by atoms with Gasteiger partial charge >= 0.3 is 0 Å². The van der Waals surface area contributed by atoms with Crippen LogP contribution in [0.3, 0.4) is 0 Å². The van der Waals surface area contributed by atoms with E-state index >= 15 is 0 Å². The molecule has 0 saturated carbocycles. The maximum absolute atomic E-state index is 5.63. The summed E-state index contributed by atoms with van der Waals surface area (Å²) < 4.78 is 5.63. The minimum absolute atomic E-state index is 0.592. The molecule has 1 saturated heterocycles. The Bertz CT molecular complexity index is 481. The van der Waals surface area contributed by atoms with Crippen LogP contribution in [-0.4, -0.2) is 51.8 Å². The van der Waals surface area contributed by atoms with Gasteiger partial charge in [-0.25, -0.2) is 0 Å². The molecule has 1 aromatic carbocycles. The van der Waals surface area contributed by atoms with Crippen LogP contribution in [0.25, 0.3) is 0 Å². The summed E-state index contributed by atoms with van der Waals surface area (Å²) in [6.45, 7) is 7.71. The molecule has 1 aliphatic rings. The molecule has 0 atom stereocenters. The monoisotopic (exact) mass is 303 g/mol. The molecule has 22 heavy (non-hydrogen) atoms. The number of nitrogens with zero attached hydrogens (tertiary/aromatic N) is 2. The molecule has 0 bridgehead atoms. The van der Waals surface area contributed by atoms with Gasteiger partial charge in [-0.1, -0.05) is 12.1 Å². The van der Waals surface area contributed by atoms with Gasteiger partial charge in [-0.3, -0.25) is 0 Å². The first-order valence-corrected chi connectivity index (χ1v) is 8.05. The summed E-state index contributed by atoms with van der Waals surface area (Å²) in [5.74, 6) is 0.958. The summed E-state index contributed by atoms with van der Waals surface area (Å²) in [5, 5.41) is 3.33. The first-order valence-electron chi connectivity index (χ1n) is 8.05. The minimum atomic E-state index is 0.592. The van der Waals surface area contributed by atoms with Gasteiger partial charge in [-0.05, 0) is 50.7 Å². The highest BCUT2D eigenvalue weighted by atomic mass is 16.5.